The molecule has 2 bridgehead atoms. The molecule has 6 unspecified atom stereocenters. The van der Waals surface area contributed by atoms with Crippen LogP contribution in [-0.2, 0) is 4.79 Å². The summed E-state index contributed by atoms with van der Waals surface area (Å²) in [7, 11) is 0. The van der Waals surface area contributed by atoms with Gasteiger partial charge in [0.1, 0.15) is 0 Å². The lowest BCUT2D eigenvalue weighted by Gasteiger charge is -2.72. The molecule has 0 radical (unpaired) electrons. The van der Waals surface area contributed by atoms with Crippen molar-refractivity contribution in [2.24, 2.45) is 39.9 Å². The summed E-state index contributed by atoms with van der Waals surface area (Å²) in [6, 6.07) is 0. The van der Waals surface area contributed by atoms with E-state index in [1.807, 2.05) is 6.92 Å². The highest BCUT2D eigenvalue weighted by Crippen LogP contribution is 2.75. The summed E-state index contributed by atoms with van der Waals surface area (Å²) in [5.41, 5.74) is -0.0759. The molecule has 0 amide bonds. The first-order valence-corrected chi connectivity index (χ1v) is 9.14. The molecule has 0 aromatic heterocycles. The molecule has 0 saturated heterocycles. The second kappa shape index (κ2) is 4.28. The highest BCUT2D eigenvalue weighted by Gasteiger charge is 2.70. The molecule has 5 rings (SSSR count). The summed E-state index contributed by atoms with van der Waals surface area (Å²) in [5.74, 6) is 1.31. The molecule has 2 N–H and O–H groups in total. The van der Waals surface area contributed by atoms with Crippen molar-refractivity contribution in [1.29, 1.82) is 0 Å². The molecule has 0 heterocycles. The number of carboxylic acids is 1. The van der Waals surface area contributed by atoms with Gasteiger partial charge < -0.3 is 10.2 Å². The number of carbonyl (C=O) groups is 1. The quantitative estimate of drug-likeness (QED) is 0.776. The number of fused-ring (bicyclic) bond motifs is 2. The number of rotatable bonds is 1. The topological polar surface area (TPSA) is 57.5 Å². The number of hydrogen-bond acceptors (Lipinski definition) is 2. The van der Waals surface area contributed by atoms with E-state index in [4.69, 9.17) is 0 Å². The first-order chi connectivity index (χ1) is 10.2. The Bertz CT molecular complexity index is 507. The Morgan fingerprint density at radius 1 is 1.14 bits per heavy atom. The van der Waals surface area contributed by atoms with E-state index >= 15 is 0 Å². The number of aliphatic carboxylic acids is 1. The maximum Gasteiger partial charge on any atom is 0.309 e. The summed E-state index contributed by atoms with van der Waals surface area (Å²) in [4.78, 5) is 11.9. The molecule has 0 aromatic carbocycles. The average Bonchev–Trinajstić information content (AvgIpc) is 2.41. The summed E-state index contributed by atoms with van der Waals surface area (Å²) in [6.45, 7) is 6.70. The fourth-order valence-corrected chi connectivity index (χ4v) is 7.27. The molecule has 5 saturated carbocycles. The minimum atomic E-state index is -0.646. The highest BCUT2D eigenvalue weighted by atomic mass is 16.4. The van der Waals surface area contributed by atoms with Crippen molar-refractivity contribution < 1.29 is 15.0 Å². The Morgan fingerprint density at radius 3 is 2.45 bits per heavy atom. The second-order valence-electron chi connectivity index (χ2n) is 9.62. The highest BCUT2D eigenvalue weighted by molar-refractivity contribution is 5.74. The Morgan fingerprint density at radius 2 is 1.82 bits per heavy atom. The summed E-state index contributed by atoms with van der Waals surface area (Å²) < 4.78 is 0. The van der Waals surface area contributed by atoms with Crippen molar-refractivity contribution in [2.45, 2.75) is 71.8 Å². The molecular formula is C19H30O3. The van der Waals surface area contributed by atoms with Crippen LogP contribution in [0.2, 0.25) is 0 Å². The molecule has 22 heavy (non-hydrogen) atoms. The molecule has 3 heteroatoms. The SMILES string of the molecule is CC1CC2C3CCCC(C)(C(=O)O)C3CC(O)C23CC1(C)C3. The first kappa shape index (κ1) is 15.0. The van der Waals surface area contributed by atoms with Crippen LogP contribution < -0.4 is 0 Å². The molecule has 0 aromatic rings. The lowest BCUT2D eigenvalue weighted by Crippen LogP contribution is -2.68. The van der Waals surface area contributed by atoms with E-state index < -0.39 is 11.4 Å². The van der Waals surface area contributed by atoms with Crippen LogP contribution in [-0.4, -0.2) is 22.3 Å². The fourth-order valence-electron chi connectivity index (χ4n) is 7.27. The molecule has 124 valence electrons. The van der Waals surface area contributed by atoms with Crippen LogP contribution in [0.3, 0.4) is 0 Å². The molecule has 5 aliphatic carbocycles. The second-order valence-corrected chi connectivity index (χ2v) is 9.62. The normalized spacial score (nSPS) is 59.9. The van der Waals surface area contributed by atoms with E-state index in [9.17, 15) is 15.0 Å². The smallest absolute Gasteiger partial charge is 0.309 e. The van der Waals surface area contributed by atoms with Gasteiger partial charge in [-0.1, -0.05) is 20.3 Å². The summed E-state index contributed by atoms with van der Waals surface area (Å²) in [6.07, 6.45) is 6.97. The van der Waals surface area contributed by atoms with Crippen LogP contribution in [0.1, 0.15) is 65.7 Å². The third-order valence-corrected chi connectivity index (χ3v) is 8.72. The summed E-state index contributed by atoms with van der Waals surface area (Å²) in [5, 5.41) is 20.8. The predicted octanol–water partition coefficient (Wildman–Crippen LogP) is 3.70. The van der Waals surface area contributed by atoms with Crippen LogP contribution in [0, 0.1) is 39.9 Å². The van der Waals surface area contributed by atoms with E-state index in [2.05, 4.69) is 13.8 Å². The number of hydrogen-bond donors (Lipinski definition) is 2. The minimum Gasteiger partial charge on any atom is -0.481 e. The standard InChI is InChI=1S/C19H30O3/c1-11-7-14-12-5-4-6-18(3,16(21)22)13(12)8-15(20)19(14)9-17(11,2)10-19/h11-15,20H,4-10H2,1-3H3,(H,21,22). The van der Waals surface area contributed by atoms with E-state index in [1.54, 1.807) is 0 Å². The van der Waals surface area contributed by atoms with E-state index in [-0.39, 0.29) is 17.4 Å². The lowest BCUT2D eigenvalue weighted by atomic mass is 9.32. The number of aliphatic hydroxyl groups excluding tert-OH is 1. The van der Waals surface area contributed by atoms with E-state index in [0.29, 0.717) is 29.6 Å². The van der Waals surface area contributed by atoms with Gasteiger partial charge in [0.15, 0.2) is 0 Å². The molecule has 5 aliphatic rings. The Balaban J connectivity index is 1.71. The zero-order valence-corrected chi connectivity index (χ0v) is 14.1. The zero-order valence-electron chi connectivity index (χ0n) is 14.1. The van der Waals surface area contributed by atoms with Crippen LogP contribution in [0.15, 0.2) is 0 Å². The number of aliphatic hydroxyl groups is 1. The van der Waals surface area contributed by atoms with Crippen molar-refractivity contribution in [2.75, 3.05) is 0 Å². The van der Waals surface area contributed by atoms with E-state index in [1.165, 1.54) is 25.7 Å². The molecule has 1 spiro atoms. The van der Waals surface area contributed by atoms with Crippen LogP contribution in [0.4, 0.5) is 0 Å². The Hall–Kier alpha value is -0.570. The summed E-state index contributed by atoms with van der Waals surface area (Å²) >= 11 is 0. The van der Waals surface area contributed by atoms with Crippen LogP contribution in [0.25, 0.3) is 0 Å². The van der Waals surface area contributed by atoms with Gasteiger partial charge in [-0.05, 0) is 74.5 Å². The maximum absolute atomic E-state index is 11.9. The molecule has 5 fully saturated rings. The van der Waals surface area contributed by atoms with Gasteiger partial charge >= 0.3 is 5.97 Å². The predicted molar refractivity (Wildman–Crippen MR) is 84.2 cm³/mol. The minimum absolute atomic E-state index is 0.124. The molecule has 3 nitrogen and oxygen atoms in total. The van der Waals surface area contributed by atoms with Crippen molar-refractivity contribution in [3.05, 3.63) is 0 Å². The van der Waals surface area contributed by atoms with Gasteiger partial charge in [0.25, 0.3) is 0 Å². The van der Waals surface area contributed by atoms with Gasteiger partial charge in [-0.3, -0.25) is 4.79 Å². The first-order valence-electron chi connectivity index (χ1n) is 9.14. The van der Waals surface area contributed by atoms with Crippen molar-refractivity contribution in [1.82, 2.24) is 0 Å². The van der Waals surface area contributed by atoms with Crippen molar-refractivity contribution in [3.8, 4) is 0 Å². The van der Waals surface area contributed by atoms with Gasteiger partial charge in [-0.15, -0.1) is 0 Å². The fraction of sp³-hybridized carbons (Fsp3) is 0.947. The van der Waals surface area contributed by atoms with Gasteiger partial charge in [0.2, 0.25) is 0 Å². The Labute approximate surface area is 133 Å². The van der Waals surface area contributed by atoms with Crippen molar-refractivity contribution >= 4 is 5.97 Å². The molecular weight excluding hydrogens is 276 g/mol. The van der Waals surface area contributed by atoms with Crippen LogP contribution in [0.5, 0.6) is 0 Å². The van der Waals surface area contributed by atoms with E-state index in [0.717, 1.165) is 12.8 Å². The van der Waals surface area contributed by atoms with Crippen molar-refractivity contribution in [3.63, 3.8) is 0 Å². The Kier molecular flexibility index (Phi) is 2.92. The average molecular weight is 306 g/mol. The lowest BCUT2D eigenvalue weighted by molar-refractivity contribution is -0.267. The maximum atomic E-state index is 11.9. The third-order valence-electron chi connectivity index (χ3n) is 8.72. The zero-order chi connectivity index (χ0) is 15.9. The monoisotopic (exact) mass is 306 g/mol. The van der Waals surface area contributed by atoms with Gasteiger partial charge in [0, 0.05) is 5.41 Å². The van der Waals surface area contributed by atoms with Gasteiger partial charge in [0.05, 0.1) is 11.5 Å². The van der Waals surface area contributed by atoms with Crippen LogP contribution >= 0.6 is 0 Å². The molecule has 6 atom stereocenters. The third kappa shape index (κ3) is 1.59. The van der Waals surface area contributed by atoms with Gasteiger partial charge in [-0.2, -0.15) is 0 Å². The van der Waals surface area contributed by atoms with Gasteiger partial charge in [-0.25, -0.2) is 0 Å². The molecule has 0 aliphatic heterocycles. The number of carboxylic acid groups (broad SMARTS) is 1. The largest absolute Gasteiger partial charge is 0.481 e.